The van der Waals surface area contributed by atoms with Crippen LogP contribution >= 0.6 is 0 Å². The van der Waals surface area contributed by atoms with Gasteiger partial charge in [0.05, 0.1) is 4.90 Å². The molecule has 2 N–H and O–H groups in total. The lowest BCUT2D eigenvalue weighted by molar-refractivity contribution is 0.0938. The molecule has 1 aromatic rings. The highest BCUT2D eigenvalue weighted by Gasteiger charge is 2.15. The van der Waals surface area contributed by atoms with Crippen molar-refractivity contribution >= 4 is 15.9 Å². The number of carbonyl (C=O) groups is 1. The molecule has 1 unspecified atom stereocenters. The Morgan fingerprint density at radius 1 is 1.30 bits per heavy atom. The molecular formula is C14H22N2O3S. The van der Waals surface area contributed by atoms with Crippen molar-refractivity contribution in [3.05, 3.63) is 29.8 Å². The molecule has 0 spiro atoms. The van der Waals surface area contributed by atoms with Crippen LogP contribution in [0, 0.1) is 0 Å². The third-order valence-corrected chi connectivity index (χ3v) is 4.38. The summed E-state index contributed by atoms with van der Waals surface area (Å²) in [7, 11) is -3.54. The van der Waals surface area contributed by atoms with Gasteiger partial charge in [0.1, 0.15) is 0 Å². The van der Waals surface area contributed by atoms with Crippen molar-refractivity contribution in [3.8, 4) is 0 Å². The molecule has 0 saturated heterocycles. The average Bonchev–Trinajstić information content (AvgIpc) is 2.39. The zero-order valence-electron chi connectivity index (χ0n) is 12.1. The van der Waals surface area contributed by atoms with Gasteiger partial charge >= 0.3 is 0 Å². The Hall–Kier alpha value is -1.40. The van der Waals surface area contributed by atoms with Gasteiger partial charge in [0.25, 0.3) is 5.91 Å². The maximum atomic E-state index is 12.0. The molecule has 5 nitrogen and oxygen atoms in total. The van der Waals surface area contributed by atoms with Gasteiger partial charge in [0.15, 0.2) is 0 Å². The molecule has 0 radical (unpaired) electrons. The van der Waals surface area contributed by atoms with Gasteiger partial charge in [-0.3, -0.25) is 4.79 Å². The number of benzene rings is 1. The molecule has 112 valence electrons. The van der Waals surface area contributed by atoms with Crippen LogP contribution in [-0.4, -0.2) is 26.9 Å². The van der Waals surface area contributed by atoms with E-state index in [1.807, 2.05) is 13.8 Å². The van der Waals surface area contributed by atoms with E-state index in [0.29, 0.717) is 12.1 Å². The maximum Gasteiger partial charge on any atom is 0.251 e. The van der Waals surface area contributed by atoms with Gasteiger partial charge in [-0.25, -0.2) is 13.1 Å². The topological polar surface area (TPSA) is 75.3 Å². The molecule has 0 aliphatic heterocycles. The zero-order chi connectivity index (χ0) is 15.2. The Labute approximate surface area is 120 Å². The number of hydrogen-bond donors (Lipinski definition) is 2. The Morgan fingerprint density at radius 2 is 2.00 bits per heavy atom. The molecular weight excluding hydrogens is 276 g/mol. The molecule has 0 saturated carbocycles. The lowest BCUT2D eigenvalue weighted by atomic mass is 10.1. The number of carbonyl (C=O) groups excluding carboxylic acids is 1. The summed E-state index contributed by atoms with van der Waals surface area (Å²) in [6, 6.07) is 6.13. The summed E-state index contributed by atoms with van der Waals surface area (Å²) in [5, 5.41) is 2.85. The quantitative estimate of drug-likeness (QED) is 0.807. The molecule has 0 aliphatic carbocycles. The highest BCUT2D eigenvalue weighted by atomic mass is 32.2. The highest BCUT2D eigenvalue weighted by Crippen LogP contribution is 2.11. The van der Waals surface area contributed by atoms with Crippen molar-refractivity contribution in [2.45, 2.75) is 44.6 Å². The number of nitrogens with one attached hydrogen (secondary N) is 2. The third-order valence-electron chi connectivity index (χ3n) is 2.84. The second-order valence-corrected chi connectivity index (χ2v) is 6.46. The van der Waals surface area contributed by atoms with Gasteiger partial charge < -0.3 is 5.32 Å². The van der Waals surface area contributed by atoms with Crippen molar-refractivity contribution in [1.29, 1.82) is 0 Å². The molecule has 0 heterocycles. The van der Waals surface area contributed by atoms with Crippen LogP contribution in [-0.2, 0) is 10.0 Å². The molecule has 1 rings (SSSR count). The number of hydrogen-bond acceptors (Lipinski definition) is 3. The van der Waals surface area contributed by atoms with E-state index in [9.17, 15) is 13.2 Å². The first-order valence-electron chi connectivity index (χ1n) is 6.81. The van der Waals surface area contributed by atoms with Crippen molar-refractivity contribution in [3.63, 3.8) is 0 Å². The second-order valence-electron chi connectivity index (χ2n) is 4.69. The Kier molecular flexibility index (Phi) is 6.16. The fraction of sp³-hybridized carbons (Fsp3) is 0.500. The lowest BCUT2D eigenvalue weighted by Gasteiger charge is -2.13. The molecule has 20 heavy (non-hydrogen) atoms. The summed E-state index contributed by atoms with van der Waals surface area (Å²) in [5.41, 5.74) is 0.354. The zero-order valence-corrected chi connectivity index (χ0v) is 13.0. The van der Waals surface area contributed by atoms with E-state index in [4.69, 9.17) is 0 Å². The van der Waals surface area contributed by atoms with E-state index in [2.05, 4.69) is 10.0 Å². The second kappa shape index (κ2) is 7.40. The molecule has 1 amide bonds. The number of sulfonamides is 1. The summed E-state index contributed by atoms with van der Waals surface area (Å²) in [5.74, 6) is -0.250. The van der Waals surface area contributed by atoms with Gasteiger partial charge in [-0.15, -0.1) is 0 Å². The van der Waals surface area contributed by atoms with Crippen LogP contribution < -0.4 is 10.0 Å². The van der Waals surface area contributed by atoms with Crippen molar-refractivity contribution in [2.75, 3.05) is 6.54 Å². The standard InChI is InChI=1S/C14H22N2O3S/c1-4-7-11(3)16-14(17)12-8-6-9-13(10-12)20(18,19)15-5-2/h6,8-11,15H,4-5,7H2,1-3H3,(H,16,17). The van der Waals surface area contributed by atoms with E-state index in [1.165, 1.54) is 12.1 Å². The smallest absolute Gasteiger partial charge is 0.251 e. The van der Waals surface area contributed by atoms with Crippen LogP contribution in [0.3, 0.4) is 0 Å². The van der Waals surface area contributed by atoms with Crippen LogP contribution in [0.4, 0.5) is 0 Å². The fourth-order valence-corrected chi connectivity index (χ4v) is 2.98. The molecule has 1 atom stereocenters. The summed E-state index contributed by atoms with van der Waals surface area (Å²) < 4.78 is 26.2. The van der Waals surface area contributed by atoms with Crippen LogP contribution in [0.5, 0.6) is 0 Å². The summed E-state index contributed by atoms with van der Waals surface area (Å²) in [4.78, 5) is 12.1. The highest BCUT2D eigenvalue weighted by molar-refractivity contribution is 7.89. The van der Waals surface area contributed by atoms with Gasteiger partial charge in [0.2, 0.25) is 10.0 Å². The third kappa shape index (κ3) is 4.61. The Morgan fingerprint density at radius 3 is 2.60 bits per heavy atom. The van der Waals surface area contributed by atoms with Crippen molar-refractivity contribution in [2.24, 2.45) is 0 Å². The van der Waals surface area contributed by atoms with Crippen LogP contribution in [0.15, 0.2) is 29.2 Å². The first kappa shape index (κ1) is 16.7. The minimum atomic E-state index is -3.54. The normalized spacial score (nSPS) is 12.9. The maximum absolute atomic E-state index is 12.0. The average molecular weight is 298 g/mol. The predicted octanol–water partition coefficient (Wildman–Crippen LogP) is 1.90. The molecule has 0 aromatic heterocycles. The van der Waals surface area contributed by atoms with Crippen LogP contribution in [0.25, 0.3) is 0 Å². The molecule has 0 bridgehead atoms. The largest absolute Gasteiger partial charge is 0.350 e. The summed E-state index contributed by atoms with van der Waals surface area (Å²) >= 11 is 0. The van der Waals surface area contributed by atoms with Gasteiger partial charge in [-0.1, -0.05) is 26.3 Å². The van der Waals surface area contributed by atoms with Crippen LogP contribution in [0.1, 0.15) is 44.0 Å². The molecule has 0 aliphatic rings. The summed E-state index contributed by atoms with van der Waals surface area (Å²) in [6.45, 7) is 6.00. The van der Waals surface area contributed by atoms with E-state index in [-0.39, 0.29) is 16.8 Å². The molecule has 6 heteroatoms. The summed E-state index contributed by atoms with van der Waals surface area (Å²) in [6.07, 6.45) is 1.87. The molecule has 0 fully saturated rings. The first-order valence-corrected chi connectivity index (χ1v) is 8.29. The first-order chi connectivity index (χ1) is 9.40. The van der Waals surface area contributed by atoms with E-state index in [1.54, 1.807) is 19.1 Å². The fourth-order valence-electron chi connectivity index (χ4n) is 1.89. The SMILES string of the molecule is CCCC(C)NC(=O)c1cccc(S(=O)(=O)NCC)c1. The van der Waals surface area contributed by atoms with E-state index >= 15 is 0 Å². The Balaban J connectivity index is 2.91. The monoisotopic (exact) mass is 298 g/mol. The van der Waals surface area contributed by atoms with Crippen LogP contribution in [0.2, 0.25) is 0 Å². The number of rotatable bonds is 7. The Bertz CT molecular complexity index is 555. The van der Waals surface area contributed by atoms with Gasteiger partial charge in [0, 0.05) is 18.2 Å². The van der Waals surface area contributed by atoms with Gasteiger partial charge in [-0.05, 0) is 31.5 Å². The lowest BCUT2D eigenvalue weighted by Crippen LogP contribution is -2.32. The minimum absolute atomic E-state index is 0.0709. The van der Waals surface area contributed by atoms with E-state index in [0.717, 1.165) is 12.8 Å². The predicted molar refractivity (Wildman–Crippen MR) is 79.1 cm³/mol. The number of amides is 1. The van der Waals surface area contributed by atoms with E-state index < -0.39 is 10.0 Å². The van der Waals surface area contributed by atoms with Crippen molar-refractivity contribution in [1.82, 2.24) is 10.0 Å². The minimum Gasteiger partial charge on any atom is -0.350 e. The van der Waals surface area contributed by atoms with Gasteiger partial charge in [-0.2, -0.15) is 0 Å². The molecule has 1 aromatic carbocycles. The van der Waals surface area contributed by atoms with Crippen molar-refractivity contribution < 1.29 is 13.2 Å².